The minimum atomic E-state index is -0.340. The van der Waals surface area contributed by atoms with Crippen molar-refractivity contribution in [1.82, 2.24) is 0 Å². The molecule has 0 amide bonds. The quantitative estimate of drug-likeness (QED) is 0.608. The molecule has 0 radical (unpaired) electrons. The maximum atomic E-state index is 13.1. The second-order valence-corrected chi connectivity index (χ2v) is 2.38. The molecule has 1 aromatic carbocycles. The Balaban J connectivity index is 2.86. The van der Waals surface area contributed by atoms with Crippen LogP contribution in [0.25, 0.3) is 0 Å². The van der Waals surface area contributed by atoms with Gasteiger partial charge in [-0.3, -0.25) is 0 Å². The van der Waals surface area contributed by atoms with E-state index >= 15 is 0 Å². The van der Waals surface area contributed by atoms with Crippen LogP contribution in [-0.4, -0.2) is 6.61 Å². The van der Waals surface area contributed by atoms with Gasteiger partial charge < -0.3 is 4.74 Å². The van der Waals surface area contributed by atoms with Gasteiger partial charge >= 0.3 is 0 Å². The van der Waals surface area contributed by atoms with Crippen molar-refractivity contribution >= 4 is 0 Å². The highest BCUT2D eigenvalue weighted by Gasteiger charge is 2.03. The summed E-state index contributed by atoms with van der Waals surface area (Å²) in [7, 11) is 0. The first-order valence-electron chi connectivity index (χ1n) is 3.57. The zero-order valence-corrected chi connectivity index (χ0v) is 6.80. The first-order chi connectivity index (χ1) is 5.75. The lowest BCUT2D eigenvalue weighted by atomic mass is 10.2. The van der Waals surface area contributed by atoms with Crippen molar-refractivity contribution in [2.75, 3.05) is 6.61 Å². The van der Waals surface area contributed by atoms with Crippen molar-refractivity contribution in [3.63, 3.8) is 0 Å². The monoisotopic (exact) mass is 164 g/mol. The van der Waals surface area contributed by atoms with Crippen molar-refractivity contribution in [2.24, 2.45) is 0 Å². The maximum Gasteiger partial charge on any atom is 0.168 e. The molecule has 0 spiro atoms. The number of aryl methyl sites for hydroxylation is 1. The highest BCUT2D eigenvalue weighted by molar-refractivity contribution is 5.30. The summed E-state index contributed by atoms with van der Waals surface area (Å²) in [6.45, 7) is 1.78. The SMILES string of the molecule is C#CCOc1cccc(C)c1F. The van der Waals surface area contributed by atoms with Gasteiger partial charge in [0.05, 0.1) is 0 Å². The summed E-state index contributed by atoms with van der Waals surface area (Å²) in [5, 5.41) is 0. The molecule has 0 unspecified atom stereocenters. The Hall–Kier alpha value is -1.49. The van der Waals surface area contributed by atoms with Gasteiger partial charge in [0.2, 0.25) is 0 Å². The van der Waals surface area contributed by atoms with Crippen LogP contribution in [0, 0.1) is 25.1 Å². The summed E-state index contributed by atoms with van der Waals surface area (Å²) in [4.78, 5) is 0. The van der Waals surface area contributed by atoms with Gasteiger partial charge in [-0.15, -0.1) is 6.42 Å². The third kappa shape index (κ3) is 1.76. The third-order valence-electron chi connectivity index (χ3n) is 1.47. The Labute approximate surface area is 71.2 Å². The molecule has 12 heavy (non-hydrogen) atoms. The molecule has 0 aliphatic carbocycles. The van der Waals surface area contributed by atoms with Crippen LogP contribution >= 0.6 is 0 Å². The molecule has 0 aliphatic rings. The van der Waals surface area contributed by atoms with Crippen molar-refractivity contribution in [3.05, 3.63) is 29.6 Å². The van der Waals surface area contributed by atoms with Crippen molar-refractivity contribution in [1.29, 1.82) is 0 Å². The Morgan fingerprint density at radius 3 is 3.00 bits per heavy atom. The summed E-state index contributed by atoms with van der Waals surface area (Å²) in [6.07, 6.45) is 4.97. The molecule has 0 saturated carbocycles. The number of hydrogen-bond donors (Lipinski definition) is 0. The fraction of sp³-hybridized carbons (Fsp3) is 0.200. The minimum Gasteiger partial charge on any atom is -0.478 e. The molecule has 1 rings (SSSR count). The number of terminal acetylenes is 1. The second kappa shape index (κ2) is 3.77. The average Bonchev–Trinajstić information content (AvgIpc) is 2.08. The Morgan fingerprint density at radius 2 is 2.33 bits per heavy atom. The minimum absolute atomic E-state index is 0.0976. The van der Waals surface area contributed by atoms with Gasteiger partial charge in [-0.1, -0.05) is 18.1 Å². The lowest BCUT2D eigenvalue weighted by Gasteiger charge is -2.04. The molecule has 0 heterocycles. The van der Waals surface area contributed by atoms with Crippen LogP contribution in [0.5, 0.6) is 5.75 Å². The number of halogens is 1. The predicted octanol–water partition coefficient (Wildman–Crippen LogP) is 2.15. The summed E-state index contributed by atoms with van der Waals surface area (Å²) < 4.78 is 18.1. The molecule has 0 bridgehead atoms. The Bertz CT molecular complexity index is 312. The summed E-state index contributed by atoms with van der Waals surface area (Å²) in [5.74, 6) is 2.15. The fourth-order valence-corrected chi connectivity index (χ4v) is 0.851. The van der Waals surface area contributed by atoms with Crippen molar-refractivity contribution in [2.45, 2.75) is 6.92 Å². The van der Waals surface area contributed by atoms with Gasteiger partial charge in [-0.05, 0) is 18.6 Å². The molecule has 0 fully saturated rings. The Morgan fingerprint density at radius 1 is 1.58 bits per heavy atom. The number of ether oxygens (including phenoxy) is 1. The predicted molar refractivity (Wildman–Crippen MR) is 45.5 cm³/mol. The van der Waals surface area contributed by atoms with E-state index in [0.29, 0.717) is 5.56 Å². The molecule has 0 aromatic heterocycles. The first-order valence-corrected chi connectivity index (χ1v) is 3.57. The van der Waals surface area contributed by atoms with E-state index in [1.165, 1.54) is 0 Å². The van der Waals surface area contributed by atoms with Crippen molar-refractivity contribution < 1.29 is 9.13 Å². The zero-order chi connectivity index (χ0) is 8.97. The van der Waals surface area contributed by atoms with Gasteiger partial charge in [0.1, 0.15) is 6.61 Å². The molecule has 62 valence electrons. The molecule has 0 aliphatic heterocycles. The highest BCUT2D eigenvalue weighted by atomic mass is 19.1. The van der Waals surface area contributed by atoms with Gasteiger partial charge in [0, 0.05) is 0 Å². The summed E-state index contributed by atoms with van der Waals surface area (Å²) in [5.41, 5.74) is 0.560. The highest BCUT2D eigenvalue weighted by Crippen LogP contribution is 2.19. The molecular formula is C10H9FO. The van der Waals surface area contributed by atoms with E-state index in [1.54, 1.807) is 25.1 Å². The third-order valence-corrected chi connectivity index (χ3v) is 1.47. The van der Waals surface area contributed by atoms with E-state index in [0.717, 1.165) is 0 Å². The lowest BCUT2D eigenvalue weighted by Crippen LogP contribution is -1.97. The van der Waals surface area contributed by atoms with E-state index in [-0.39, 0.29) is 18.2 Å². The maximum absolute atomic E-state index is 13.1. The normalized spacial score (nSPS) is 9.08. The molecule has 0 saturated heterocycles. The Kier molecular flexibility index (Phi) is 2.71. The van der Waals surface area contributed by atoms with Crippen LogP contribution < -0.4 is 4.74 Å². The van der Waals surface area contributed by atoms with Gasteiger partial charge in [0.15, 0.2) is 11.6 Å². The van der Waals surface area contributed by atoms with Crippen LogP contribution in [0.15, 0.2) is 18.2 Å². The number of benzene rings is 1. The molecule has 1 aromatic rings. The van der Waals surface area contributed by atoms with Crippen LogP contribution in [0.1, 0.15) is 5.56 Å². The van der Waals surface area contributed by atoms with E-state index < -0.39 is 0 Å². The van der Waals surface area contributed by atoms with E-state index in [9.17, 15) is 4.39 Å². The topological polar surface area (TPSA) is 9.23 Å². The smallest absolute Gasteiger partial charge is 0.168 e. The fourth-order valence-electron chi connectivity index (χ4n) is 0.851. The lowest BCUT2D eigenvalue weighted by molar-refractivity contribution is 0.347. The molecule has 1 nitrogen and oxygen atoms in total. The first kappa shape index (κ1) is 8.61. The van der Waals surface area contributed by atoms with Gasteiger partial charge in [-0.25, -0.2) is 4.39 Å². The zero-order valence-electron chi connectivity index (χ0n) is 6.80. The van der Waals surface area contributed by atoms with Crippen LogP contribution in [0.3, 0.4) is 0 Å². The van der Waals surface area contributed by atoms with Crippen LogP contribution in [0.2, 0.25) is 0 Å². The van der Waals surface area contributed by atoms with E-state index in [1.807, 2.05) is 0 Å². The van der Waals surface area contributed by atoms with E-state index in [2.05, 4.69) is 5.92 Å². The van der Waals surface area contributed by atoms with Crippen LogP contribution in [-0.2, 0) is 0 Å². The number of rotatable bonds is 2. The molecule has 0 N–H and O–H groups in total. The number of hydrogen-bond acceptors (Lipinski definition) is 1. The molecule has 0 atom stereocenters. The van der Waals surface area contributed by atoms with Crippen molar-refractivity contribution in [3.8, 4) is 18.1 Å². The molecular weight excluding hydrogens is 155 g/mol. The standard InChI is InChI=1S/C10H9FO/c1-3-7-12-9-6-4-5-8(2)10(9)11/h1,4-6H,7H2,2H3. The summed E-state index contributed by atoms with van der Waals surface area (Å²) >= 11 is 0. The van der Waals surface area contributed by atoms with E-state index in [4.69, 9.17) is 11.2 Å². The second-order valence-electron chi connectivity index (χ2n) is 2.38. The molecule has 2 heteroatoms. The average molecular weight is 164 g/mol. The summed E-state index contributed by atoms with van der Waals surface area (Å²) in [6, 6.07) is 4.96. The van der Waals surface area contributed by atoms with Crippen LogP contribution in [0.4, 0.5) is 4.39 Å². The van der Waals surface area contributed by atoms with Gasteiger partial charge in [0.25, 0.3) is 0 Å². The van der Waals surface area contributed by atoms with Gasteiger partial charge in [-0.2, -0.15) is 0 Å². The largest absolute Gasteiger partial charge is 0.478 e.